The number of rotatable bonds is 8. The third-order valence-corrected chi connectivity index (χ3v) is 4.49. The lowest BCUT2D eigenvalue weighted by Crippen LogP contribution is -2.37. The standard InChI is InChI=1S/C20H19Cl2NO5/c1-12(20(25)26)23-19(24)9-7-13-6-8-17(18(10-13)27-2)28-11-14-15(21)4-3-5-16(14)22/h3-10,12H,11H2,1-2H3,(H,23,24)(H,25,26)/b9-7+/t12-/m1/s1. The molecule has 2 aromatic rings. The summed E-state index contributed by atoms with van der Waals surface area (Å²) in [5.74, 6) is -0.671. The van der Waals surface area contributed by atoms with Gasteiger partial charge in [0.15, 0.2) is 11.5 Å². The van der Waals surface area contributed by atoms with Gasteiger partial charge >= 0.3 is 5.97 Å². The Balaban J connectivity index is 2.08. The normalized spacial score (nSPS) is 11.9. The van der Waals surface area contributed by atoms with Crippen molar-refractivity contribution in [3.8, 4) is 11.5 Å². The van der Waals surface area contributed by atoms with Crippen LogP contribution in [0.2, 0.25) is 10.0 Å². The molecule has 148 valence electrons. The minimum Gasteiger partial charge on any atom is -0.493 e. The molecule has 0 saturated carbocycles. The van der Waals surface area contributed by atoms with Crippen LogP contribution in [-0.2, 0) is 16.2 Å². The van der Waals surface area contributed by atoms with E-state index in [0.717, 1.165) is 0 Å². The molecule has 0 aliphatic heterocycles. The van der Waals surface area contributed by atoms with Crippen LogP contribution in [-0.4, -0.2) is 30.1 Å². The zero-order chi connectivity index (χ0) is 20.7. The molecule has 1 atom stereocenters. The third kappa shape index (κ3) is 5.90. The van der Waals surface area contributed by atoms with Gasteiger partial charge < -0.3 is 19.9 Å². The van der Waals surface area contributed by atoms with E-state index < -0.39 is 17.9 Å². The fourth-order valence-corrected chi connectivity index (χ4v) is 2.73. The van der Waals surface area contributed by atoms with Crippen LogP contribution in [0.15, 0.2) is 42.5 Å². The minimum atomic E-state index is -1.11. The monoisotopic (exact) mass is 423 g/mol. The number of hydrogen-bond acceptors (Lipinski definition) is 4. The van der Waals surface area contributed by atoms with Crippen molar-refractivity contribution < 1.29 is 24.2 Å². The second kappa shape index (κ2) is 10.0. The van der Waals surface area contributed by atoms with Crippen molar-refractivity contribution in [1.29, 1.82) is 0 Å². The number of methoxy groups -OCH3 is 1. The predicted molar refractivity (Wildman–Crippen MR) is 108 cm³/mol. The molecule has 0 spiro atoms. The molecule has 0 saturated heterocycles. The zero-order valence-corrected chi connectivity index (χ0v) is 16.8. The maximum atomic E-state index is 11.7. The van der Waals surface area contributed by atoms with Gasteiger partial charge in [0, 0.05) is 21.7 Å². The molecule has 0 unspecified atom stereocenters. The molecular weight excluding hydrogens is 405 g/mol. The fraction of sp³-hybridized carbons (Fsp3) is 0.200. The molecule has 0 heterocycles. The first kappa shape index (κ1) is 21.6. The second-order valence-electron chi connectivity index (χ2n) is 5.80. The lowest BCUT2D eigenvalue weighted by atomic mass is 10.2. The van der Waals surface area contributed by atoms with Gasteiger partial charge in [0.2, 0.25) is 5.91 Å². The van der Waals surface area contributed by atoms with Gasteiger partial charge in [-0.05, 0) is 42.8 Å². The molecule has 2 N–H and O–H groups in total. The quantitative estimate of drug-likeness (QED) is 0.621. The molecule has 2 rings (SSSR count). The third-order valence-electron chi connectivity index (χ3n) is 3.78. The Hall–Kier alpha value is -2.70. The van der Waals surface area contributed by atoms with Crippen LogP contribution >= 0.6 is 23.2 Å². The maximum Gasteiger partial charge on any atom is 0.325 e. The molecule has 0 fully saturated rings. The first-order valence-corrected chi connectivity index (χ1v) is 9.02. The lowest BCUT2D eigenvalue weighted by molar-refractivity contribution is -0.140. The van der Waals surface area contributed by atoms with E-state index in [1.807, 2.05) is 0 Å². The summed E-state index contributed by atoms with van der Waals surface area (Å²) in [7, 11) is 1.50. The maximum absolute atomic E-state index is 11.7. The Kier molecular flexibility index (Phi) is 7.72. The summed E-state index contributed by atoms with van der Waals surface area (Å²) >= 11 is 12.3. The number of amides is 1. The molecule has 6 nitrogen and oxygen atoms in total. The highest BCUT2D eigenvalue weighted by Crippen LogP contribution is 2.31. The molecule has 0 radical (unpaired) electrons. The first-order valence-electron chi connectivity index (χ1n) is 8.27. The van der Waals surface area contributed by atoms with E-state index >= 15 is 0 Å². The summed E-state index contributed by atoms with van der Waals surface area (Å²) in [6.07, 6.45) is 2.79. The summed E-state index contributed by atoms with van der Waals surface area (Å²) in [5.41, 5.74) is 1.35. The summed E-state index contributed by atoms with van der Waals surface area (Å²) in [4.78, 5) is 22.5. The number of aliphatic carboxylic acids is 1. The van der Waals surface area contributed by atoms with E-state index in [1.165, 1.54) is 20.1 Å². The summed E-state index contributed by atoms with van der Waals surface area (Å²) in [5, 5.41) is 12.1. The average molecular weight is 424 g/mol. The largest absolute Gasteiger partial charge is 0.493 e. The number of benzene rings is 2. The van der Waals surface area contributed by atoms with Gasteiger partial charge in [0.1, 0.15) is 12.6 Å². The van der Waals surface area contributed by atoms with Crippen LogP contribution in [0, 0.1) is 0 Å². The second-order valence-corrected chi connectivity index (χ2v) is 6.62. The Morgan fingerprint density at radius 1 is 1.18 bits per heavy atom. The highest BCUT2D eigenvalue weighted by Gasteiger charge is 2.12. The highest BCUT2D eigenvalue weighted by atomic mass is 35.5. The number of hydrogen-bond donors (Lipinski definition) is 2. The Morgan fingerprint density at radius 3 is 2.46 bits per heavy atom. The van der Waals surface area contributed by atoms with Gasteiger partial charge in [0.05, 0.1) is 7.11 Å². The molecular formula is C20H19Cl2NO5. The molecule has 1 amide bonds. The van der Waals surface area contributed by atoms with E-state index in [0.29, 0.717) is 32.7 Å². The molecule has 0 bridgehead atoms. The first-order chi connectivity index (χ1) is 13.3. The van der Waals surface area contributed by atoms with Gasteiger partial charge in [0.25, 0.3) is 0 Å². The van der Waals surface area contributed by atoms with Gasteiger partial charge in [-0.25, -0.2) is 0 Å². The number of carboxylic acids is 1. The number of carboxylic acid groups (broad SMARTS) is 1. The fourth-order valence-electron chi connectivity index (χ4n) is 2.22. The van der Waals surface area contributed by atoms with Crippen molar-refractivity contribution in [2.45, 2.75) is 19.6 Å². The Bertz CT molecular complexity index is 878. The number of carbonyl (C=O) groups is 2. The average Bonchev–Trinajstić information content (AvgIpc) is 2.66. The number of halogens is 2. The van der Waals surface area contributed by atoms with Gasteiger partial charge in [-0.3, -0.25) is 9.59 Å². The predicted octanol–water partition coefficient (Wildman–Crippen LogP) is 4.18. The van der Waals surface area contributed by atoms with Crippen LogP contribution in [0.3, 0.4) is 0 Å². The van der Waals surface area contributed by atoms with Gasteiger partial charge in [-0.15, -0.1) is 0 Å². The lowest BCUT2D eigenvalue weighted by Gasteiger charge is -2.13. The minimum absolute atomic E-state index is 0.166. The molecule has 2 aromatic carbocycles. The Labute approximate surface area is 172 Å². The van der Waals surface area contributed by atoms with E-state index in [2.05, 4.69) is 5.32 Å². The summed E-state index contributed by atoms with van der Waals surface area (Å²) < 4.78 is 11.1. The van der Waals surface area contributed by atoms with Crippen LogP contribution in [0.1, 0.15) is 18.1 Å². The van der Waals surface area contributed by atoms with Crippen LogP contribution < -0.4 is 14.8 Å². The van der Waals surface area contributed by atoms with Gasteiger partial charge in [-0.1, -0.05) is 35.3 Å². The van der Waals surface area contributed by atoms with E-state index in [4.69, 9.17) is 37.8 Å². The molecule has 0 aliphatic carbocycles. The van der Waals surface area contributed by atoms with E-state index in [1.54, 1.807) is 42.5 Å². The van der Waals surface area contributed by atoms with E-state index in [-0.39, 0.29) is 6.61 Å². The molecule has 0 aromatic heterocycles. The smallest absolute Gasteiger partial charge is 0.325 e. The van der Waals surface area contributed by atoms with Crippen molar-refractivity contribution in [2.75, 3.05) is 7.11 Å². The zero-order valence-electron chi connectivity index (χ0n) is 15.2. The van der Waals surface area contributed by atoms with Crippen molar-refractivity contribution in [1.82, 2.24) is 5.32 Å². The topological polar surface area (TPSA) is 84.9 Å². The van der Waals surface area contributed by atoms with Crippen LogP contribution in [0.4, 0.5) is 0 Å². The number of nitrogens with one attached hydrogen (secondary N) is 1. The Morgan fingerprint density at radius 2 is 1.86 bits per heavy atom. The molecule has 28 heavy (non-hydrogen) atoms. The number of ether oxygens (including phenoxy) is 2. The SMILES string of the molecule is COc1cc(/C=C/C(=O)N[C@H](C)C(=O)O)ccc1OCc1c(Cl)cccc1Cl. The van der Waals surface area contributed by atoms with E-state index in [9.17, 15) is 9.59 Å². The highest BCUT2D eigenvalue weighted by molar-refractivity contribution is 6.35. The molecule has 8 heteroatoms. The van der Waals surface area contributed by atoms with Crippen molar-refractivity contribution in [3.05, 3.63) is 63.6 Å². The summed E-state index contributed by atoms with van der Waals surface area (Å²) in [6, 6.07) is 9.36. The molecule has 0 aliphatic rings. The van der Waals surface area contributed by atoms with Crippen molar-refractivity contribution in [3.63, 3.8) is 0 Å². The summed E-state index contributed by atoms with van der Waals surface area (Å²) in [6.45, 7) is 1.55. The number of carbonyl (C=O) groups excluding carboxylic acids is 1. The van der Waals surface area contributed by atoms with Crippen molar-refractivity contribution in [2.24, 2.45) is 0 Å². The van der Waals surface area contributed by atoms with Crippen LogP contribution in [0.5, 0.6) is 11.5 Å². The van der Waals surface area contributed by atoms with Gasteiger partial charge in [-0.2, -0.15) is 0 Å². The van der Waals surface area contributed by atoms with Crippen LogP contribution in [0.25, 0.3) is 6.08 Å². The van der Waals surface area contributed by atoms with Crippen molar-refractivity contribution >= 4 is 41.2 Å².